The second kappa shape index (κ2) is 9.92. The van der Waals surface area contributed by atoms with Crippen LogP contribution in [0.1, 0.15) is 80.0 Å². The molecule has 1 saturated carbocycles. The lowest BCUT2D eigenvalue weighted by molar-refractivity contribution is 0.150. The van der Waals surface area contributed by atoms with Crippen LogP contribution in [0, 0.1) is 13.8 Å². The minimum Gasteiger partial charge on any atom is -0.396 e. The number of nitrogens with zero attached hydrogens (tertiary/aromatic N) is 5. The van der Waals surface area contributed by atoms with Crippen LogP contribution in [0.25, 0.3) is 10.9 Å². The minimum absolute atomic E-state index is 0.0218. The number of pyridine rings is 1. The van der Waals surface area contributed by atoms with Crippen molar-refractivity contribution in [3.8, 4) is 0 Å². The highest BCUT2D eigenvalue weighted by atomic mass is 16.3. The van der Waals surface area contributed by atoms with Gasteiger partial charge in [-0.3, -0.25) is 9.69 Å². The van der Waals surface area contributed by atoms with E-state index in [2.05, 4.69) is 51.4 Å². The van der Waals surface area contributed by atoms with Gasteiger partial charge in [0.1, 0.15) is 0 Å². The van der Waals surface area contributed by atoms with E-state index in [4.69, 9.17) is 0 Å². The molecule has 1 aromatic carbocycles. The molecule has 1 atom stereocenters. The van der Waals surface area contributed by atoms with Gasteiger partial charge in [-0.1, -0.05) is 31.4 Å². The maximum atomic E-state index is 13.0. The average Bonchev–Trinajstić information content (AvgIpc) is 3.45. The molecule has 2 heterocycles. The molecule has 0 saturated heterocycles. The molecular formula is C24H34N6O2. The fraction of sp³-hybridized carbons (Fsp3) is 0.583. The molecular weight excluding hydrogens is 404 g/mol. The fourth-order valence-corrected chi connectivity index (χ4v) is 5.12. The van der Waals surface area contributed by atoms with Gasteiger partial charge in [0.05, 0.1) is 17.6 Å². The predicted molar refractivity (Wildman–Crippen MR) is 125 cm³/mol. The Balaban J connectivity index is 1.69. The summed E-state index contributed by atoms with van der Waals surface area (Å²) in [6, 6.07) is 6.53. The molecule has 8 nitrogen and oxygen atoms in total. The number of aromatic nitrogens is 5. The molecule has 3 aromatic rings. The lowest BCUT2D eigenvalue weighted by Crippen LogP contribution is -2.34. The Kier molecular flexibility index (Phi) is 7.01. The number of fused-ring (bicyclic) bond motifs is 1. The van der Waals surface area contributed by atoms with Crippen molar-refractivity contribution in [1.29, 1.82) is 0 Å². The number of hydrogen-bond acceptors (Lipinski definition) is 6. The molecule has 172 valence electrons. The summed E-state index contributed by atoms with van der Waals surface area (Å²) in [5, 5.41) is 23.3. The van der Waals surface area contributed by atoms with Gasteiger partial charge in [-0.25, -0.2) is 4.68 Å². The highest BCUT2D eigenvalue weighted by Gasteiger charge is 2.29. The topological polar surface area (TPSA) is 99.9 Å². The molecule has 1 fully saturated rings. The van der Waals surface area contributed by atoms with E-state index < -0.39 is 0 Å². The number of rotatable bonds is 9. The van der Waals surface area contributed by atoms with Crippen molar-refractivity contribution in [1.82, 2.24) is 30.1 Å². The first-order valence-electron chi connectivity index (χ1n) is 11.8. The zero-order valence-corrected chi connectivity index (χ0v) is 19.3. The average molecular weight is 439 g/mol. The van der Waals surface area contributed by atoms with Gasteiger partial charge in [-0.15, -0.1) is 5.10 Å². The molecule has 32 heavy (non-hydrogen) atoms. The van der Waals surface area contributed by atoms with Crippen LogP contribution in [-0.2, 0) is 6.54 Å². The number of aliphatic hydroxyl groups is 1. The Hall–Kier alpha value is -2.58. The molecule has 0 amide bonds. The van der Waals surface area contributed by atoms with Crippen molar-refractivity contribution in [2.75, 3.05) is 13.2 Å². The third-order valence-corrected chi connectivity index (χ3v) is 6.66. The fourth-order valence-electron chi connectivity index (χ4n) is 5.12. The highest BCUT2D eigenvalue weighted by molar-refractivity contribution is 5.82. The molecule has 0 radical (unpaired) electrons. The Morgan fingerprint density at radius 1 is 1.25 bits per heavy atom. The maximum absolute atomic E-state index is 13.0. The Morgan fingerprint density at radius 3 is 2.75 bits per heavy atom. The number of hydrogen-bond donors (Lipinski definition) is 2. The van der Waals surface area contributed by atoms with Gasteiger partial charge in [0.2, 0.25) is 0 Å². The van der Waals surface area contributed by atoms with E-state index in [1.807, 2.05) is 17.7 Å². The number of aryl methyl sites for hydroxylation is 2. The van der Waals surface area contributed by atoms with Crippen LogP contribution in [0.2, 0.25) is 0 Å². The van der Waals surface area contributed by atoms with Crippen LogP contribution in [0.15, 0.2) is 23.0 Å². The minimum atomic E-state index is -0.0660. The number of nitrogens with one attached hydrogen (secondary N) is 1. The van der Waals surface area contributed by atoms with Crippen LogP contribution in [0.4, 0.5) is 0 Å². The van der Waals surface area contributed by atoms with Crippen molar-refractivity contribution in [3.05, 3.63) is 51.1 Å². The van der Waals surface area contributed by atoms with Crippen LogP contribution in [0.5, 0.6) is 0 Å². The molecule has 1 aliphatic carbocycles. The van der Waals surface area contributed by atoms with E-state index in [0.717, 1.165) is 47.1 Å². The Morgan fingerprint density at radius 2 is 2.03 bits per heavy atom. The molecule has 2 N–H and O–H groups in total. The molecule has 2 aromatic heterocycles. The zero-order chi connectivity index (χ0) is 22.7. The van der Waals surface area contributed by atoms with Crippen LogP contribution in [-0.4, -0.2) is 48.3 Å². The molecule has 8 heteroatoms. The van der Waals surface area contributed by atoms with E-state index in [0.29, 0.717) is 25.6 Å². The van der Waals surface area contributed by atoms with E-state index >= 15 is 0 Å². The summed E-state index contributed by atoms with van der Waals surface area (Å²) in [5.74, 6) is 0.862. The lowest BCUT2D eigenvalue weighted by atomic mass is 10.0. The van der Waals surface area contributed by atoms with Crippen molar-refractivity contribution in [2.45, 2.75) is 77.9 Å². The molecule has 0 bridgehead atoms. The summed E-state index contributed by atoms with van der Waals surface area (Å²) < 4.78 is 2.00. The summed E-state index contributed by atoms with van der Waals surface area (Å²) >= 11 is 0. The Labute approximate surface area is 188 Å². The van der Waals surface area contributed by atoms with E-state index in [9.17, 15) is 9.90 Å². The summed E-state index contributed by atoms with van der Waals surface area (Å²) in [5.41, 5.74) is 3.79. The predicted octanol–water partition coefficient (Wildman–Crippen LogP) is 3.58. The van der Waals surface area contributed by atoms with Gasteiger partial charge >= 0.3 is 0 Å². The van der Waals surface area contributed by atoms with Crippen molar-refractivity contribution < 1.29 is 5.11 Å². The van der Waals surface area contributed by atoms with Gasteiger partial charge in [-0.05, 0) is 73.0 Å². The van der Waals surface area contributed by atoms with Gasteiger partial charge < -0.3 is 10.1 Å². The third kappa shape index (κ3) is 4.61. The van der Waals surface area contributed by atoms with Crippen molar-refractivity contribution in [3.63, 3.8) is 0 Å². The van der Waals surface area contributed by atoms with Crippen molar-refractivity contribution >= 4 is 10.9 Å². The quantitative estimate of drug-likeness (QED) is 0.530. The van der Waals surface area contributed by atoms with Crippen LogP contribution < -0.4 is 5.56 Å². The smallest absolute Gasteiger partial charge is 0.252 e. The standard InChI is InChI=1S/C24H34N6O2/c1-4-21(23-26-27-28-30(23)20-8-5-6-9-20)29(10-7-11-31)15-19-14-18-13-16(2)12-17(3)22(18)25-24(19)32/h12-14,20-21,31H,4-11,15H2,1-3H3,(H,25,32). The van der Waals surface area contributed by atoms with Gasteiger partial charge in [0.15, 0.2) is 5.82 Å². The lowest BCUT2D eigenvalue weighted by Gasteiger charge is -2.30. The summed E-state index contributed by atoms with van der Waals surface area (Å²) in [6.07, 6.45) is 6.08. The third-order valence-electron chi connectivity index (χ3n) is 6.66. The second-order valence-corrected chi connectivity index (χ2v) is 9.06. The van der Waals surface area contributed by atoms with Crippen LogP contribution >= 0.6 is 0 Å². The number of aromatic amines is 1. The molecule has 1 unspecified atom stereocenters. The van der Waals surface area contributed by atoms with Gasteiger partial charge in [0.25, 0.3) is 5.56 Å². The van der Waals surface area contributed by atoms with E-state index in [-0.39, 0.29) is 18.2 Å². The second-order valence-electron chi connectivity index (χ2n) is 9.06. The summed E-state index contributed by atoms with van der Waals surface area (Å²) in [4.78, 5) is 18.3. The first kappa shape index (κ1) is 22.6. The zero-order valence-electron chi connectivity index (χ0n) is 19.3. The maximum Gasteiger partial charge on any atom is 0.252 e. The Bertz CT molecular complexity index is 1120. The molecule has 1 aliphatic rings. The first-order chi connectivity index (χ1) is 15.5. The van der Waals surface area contributed by atoms with Gasteiger partial charge in [0, 0.05) is 25.3 Å². The van der Waals surface area contributed by atoms with Crippen LogP contribution in [0.3, 0.4) is 0 Å². The largest absolute Gasteiger partial charge is 0.396 e. The number of tetrazole rings is 1. The molecule has 0 spiro atoms. The van der Waals surface area contributed by atoms with Gasteiger partial charge in [-0.2, -0.15) is 0 Å². The highest BCUT2D eigenvalue weighted by Crippen LogP contribution is 2.33. The van der Waals surface area contributed by atoms with E-state index in [1.165, 1.54) is 18.4 Å². The number of benzene rings is 1. The van der Waals surface area contributed by atoms with E-state index in [1.54, 1.807) is 0 Å². The summed E-state index contributed by atoms with van der Waals surface area (Å²) in [7, 11) is 0. The summed E-state index contributed by atoms with van der Waals surface area (Å²) in [6.45, 7) is 7.47. The molecule has 0 aliphatic heterocycles. The van der Waals surface area contributed by atoms with Crippen molar-refractivity contribution in [2.24, 2.45) is 0 Å². The first-order valence-corrected chi connectivity index (χ1v) is 11.8. The normalized spacial score (nSPS) is 15.8. The monoisotopic (exact) mass is 438 g/mol. The SMILES string of the molecule is CCC(c1nnnn1C1CCCC1)N(CCCO)Cc1cc2cc(C)cc(C)c2[nH]c1=O. The number of aliphatic hydroxyl groups excluding tert-OH is 1. The number of H-pyrrole nitrogens is 1. The molecule has 4 rings (SSSR count).